The van der Waals surface area contributed by atoms with E-state index < -0.39 is 0 Å². The molecule has 0 bridgehead atoms. The molecular formula is C13H26N2O3. The van der Waals surface area contributed by atoms with E-state index in [0.29, 0.717) is 6.54 Å². The van der Waals surface area contributed by atoms with E-state index in [9.17, 15) is 4.79 Å². The number of hydrogen-bond acceptors (Lipinski definition) is 4. The Labute approximate surface area is 109 Å². The van der Waals surface area contributed by atoms with Crippen molar-refractivity contribution in [3.8, 4) is 0 Å². The lowest BCUT2D eigenvalue weighted by Crippen LogP contribution is -2.55. The largest absolute Gasteiger partial charge is 0.394 e. The zero-order valence-corrected chi connectivity index (χ0v) is 11.7. The van der Waals surface area contributed by atoms with E-state index in [-0.39, 0.29) is 30.8 Å². The Morgan fingerprint density at radius 2 is 2.28 bits per heavy atom. The van der Waals surface area contributed by atoms with Gasteiger partial charge in [0, 0.05) is 19.6 Å². The van der Waals surface area contributed by atoms with E-state index in [1.165, 1.54) is 0 Å². The number of rotatable bonds is 6. The van der Waals surface area contributed by atoms with Crippen LogP contribution in [-0.2, 0) is 9.53 Å². The summed E-state index contributed by atoms with van der Waals surface area (Å²) in [6.07, 6.45) is 1.97. The zero-order valence-electron chi connectivity index (χ0n) is 11.7. The van der Waals surface area contributed by atoms with Crippen LogP contribution in [0, 0.1) is 0 Å². The number of nitrogens with zero attached hydrogens (tertiary/aromatic N) is 1. The van der Waals surface area contributed by atoms with E-state index in [1.807, 2.05) is 13.8 Å². The first-order valence-electron chi connectivity index (χ1n) is 6.86. The molecule has 5 heteroatoms. The van der Waals surface area contributed by atoms with Gasteiger partial charge in [-0.15, -0.1) is 0 Å². The Kier molecular flexibility index (Phi) is 6.60. The second kappa shape index (κ2) is 7.71. The van der Waals surface area contributed by atoms with Crippen LogP contribution in [0.5, 0.6) is 0 Å². The molecular weight excluding hydrogens is 232 g/mol. The van der Waals surface area contributed by atoms with Crippen LogP contribution in [0.2, 0.25) is 0 Å². The van der Waals surface area contributed by atoms with Gasteiger partial charge in [0.2, 0.25) is 5.91 Å². The molecule has 1 fully saturated rings. The third-order valence-electron chi connectivity index (χ3n) is 3.31. The van der Waals surface area contributed by atoms with Gasteiger partial charge < -0.3 is 15.2 Å². The highest BCUT2D eigenvalue weighted by molar-refractivity contribution is 5.81. The molecule has 1 aliphatic rings. The average molecular weight is 258 g/mol. The minimum atomic E-state index is -0.181. The van der Waals surface area contributed by atoms with Gasteiger partial charge in [-0.2, -0.15) is 0 Å². The van der Waals surface area contributed by atoms with Crippen molar-refractivity contribution in [2.24, 2.45) is 0 Å². The first kappa shape index (κ1) is 15.4. The van der Waals surface area contributed by atoms with Crippen LogP contribution in [0.15, 0.2) is 0 Å². The van der Waals surface area contributed by atoms with Gasteiger partial charge in [-0.05, 0) is 20.3 Å². The van der Waals surface area contributed by atoms with E-state index in [0.717, 1.165) is 25.9 Å². The normalized spacial score (nSPS) is 26.9. The third-order valence-corrected chi connectivity index (χ3v) is 3.31. The maximum atomic E-state index is 12.0. The van der Waals surface area contributed by atoms with Crippen molar-refractivity contribution >= 4 is 5.91 Å². The molecule has 3 atom stereocenters. The van der Waals surface area contributed by atoms with Crippen LogP contribution in [0.25, 0.3) is 0 Å². The number of ether oxygens (including phenoxy) is 1. The molecule has 0 aliphatic carbocycles. The van der Waals surface area contributed by atoms with Gasteiger partial charge in [0.1, 0.15) is 0 Å². The smallest absolute Gasteiger partial charge is 0.237 e. The molecule has 1 aliphatic heterocycles. The standard InChI is InChI=1S/C13H26N2O3/c1-4-5-6-14-13(17)11(3)15-7-10(2)18-12(8-15)9-16/h10-12,16H,4-9H2,1-3H3,(H,14,17). The number of aliphatic hydroxyl groups is 1. The fraction of sp³-hybridized carbons (Fsp3) is 0.923. The lowest BCUT2D eigenvalue weighted by molar-refractivity contribution is -0.135. The molecule has 1 heterocycles. The molecule has 106 valence electrons. The average Bonchev–Trinajstić information content (AvgIpc) is 2.37. The molecule has 2 N–H and O–H groups in total. The maximum absolute atomic E-state index is 12.0. The minimum Gasteiger partial charge on any atom is -0.394 e. The Morgan fingerprint density at radius 1 is 1.56 bits per heavy atom. The highest BCUT2D eigenvalue weighted by Gasteiger charge is 2.30. The lowest BCUT2D eigenvalue weighted by Gasteiger charge is -2.38. The van der Waals surface area contributed by atoms with Crippen molar-refractivity contribution in [3.63, 3.8) is 0 Å². The van der Waals surface area contributed by atoms with Gasteiger partial charge in [-0.3, -0.25) is 9.69 Å². The predicted octanol–water partition coefficient (Wildman–Crippen LogP) is 0.373. The van der Waals surface area contributed by atoms with Crippen molar-refractivity contribution < 1.29 is 14.6 Å². The Morgan fingerprint density at radius 3 is 2.89 bits per heavy atom. The number of carbonyl (C=O) groups is 1. The molecule has 0 aromatic rings. The van der Waals surface area contributed by atoms with Gasteiger partial charge in [0.15, 0.2) is 0 Å². The molecule has 1 rings (SSSR count). The van der Waals surface area contributed by atoms with Crippen LogP contribution >= 0.6 is 0 Å². The van der Waals surface area contributed by atoms with Crippen LogP contribution in [-0.4, -0.2) is 60.4 Å². The zero-order chi connectivity index (χ0) is 13.5. The molecule has 0 saturated carbocycles. The molecule has 5 nitrogen and oxygen atoms in total. The third kappa shape index (κ3) is 4.55. The second-order valence-corrected chi connectivity index (χ2v) is 5.03. The number of carbonyl (C=O) groups excluding carboxylic acids is 1. The van der Waals surface area contributed by atoms with Crippen molar-refractivity contribution in [1.29, 1.82) is 0 Å². The summed E-state index contributed by atoms with van der Waals surface area (Å²) >= 11 is 0. The summed E-state index contributed by atoms with van der Waals surface area (Å²) in [7, 11) is 0. The fourth-order valence-electron chi connectivity index (χ4n) is 2.20. The summed E-state index contributed by atoms with van der Waals surface area (Å²) in [6.45, 7) is 8.07. The maximum Gasteiger partial charge on any atom is 0.237 e. The van der Waals surface area contributed by atoms with E-state index in [4.69, 9.17) is 9.84 Å². The summed E-state index contributed by atoms with van der Waals surface area (Å²) in [6, 6.07) is -0.165. The Balaban J connectivity index is 2.43. The molecule has 0 spiro atoms. The molecule has 3 unspecified atom stereocenters. The number of aliphatic hydroxyl groups excluding tert-OH is 1. The number of hydrogen-bond donors (Lipinski definition) is 2. The van der Waals surface area contributed by atoms with Crippen molar-refractivity contribution in [3.05, 3.63) is 0 Å². The van der Waals surface area contributed by atoms with Gasteiger partial charge in [-0.1, -0.05) is 13.3 Å². The first-order valence-corrected chi connectivity index (χ1v) is 6.86. The molecule has 0 aromatic heterocycles. The quantitative estimate of drug-likeness (QED) is 0.676. The first-order chi connectivity index (χ1) is 8.58. The predicted molar refractivity (Wildman–Crippen MR) is 70.4 cm³/mol. The van der Waals surface area contributed by atoms with Crippen molar-refractivity contribution in [2.75, 3.05) is 26.2 Å². The molecule has 0 radical (unpaired) electrons. The lowest BCUT2D eigenvalue weighted by atomic mass is 10.1. The minimum absolute atomic E-state index is 0.00497. The summed E-state index contributed by atoms with van der Waals surface area (Å²) in [5.74, 6) is 0.0641. The van der Waals surface area contributed by atoms with Gasteiger partial charge in [0.05, 0.1) is 24.9 Å². The van der Waals surface area contributed by atoms with Gasteiger partial charge in [-0.25, -0.2) is 0 Å². The molecule has 18 heavy (non-hydrogen) atoms. The van der Waals surface area contributed by atoms with E-state index >= 15 is 0 Å². The second-order valence-electron chi connectivity index (χ2n) is 5.03. The number of unbranched alkanes of at least 4 members (excludes halogenated alkanes) is 1. The number of nitrogens with one attached hydrogen (secondary N) is 1. The SMILES string of the molecule is CCCCNC(=O)C(C)N1CC(C)OC(CO)C1. The fourth-order valence-corrected chi connectivity index (χ4v) is 2.20. The van der Waals surface area contributed by atoms with Crippen LogP contribution in [0.1, 0.15) is 33.6 Å². The monoisotopic (exact) mass is 258 g/mol. The van der Waals surface area contributed by atoms with E-state index in [1.54, 1.807) is 0 Å². The van der Waals surface area contributed by atoms with Crippen LogP contribution < -0.4 is 5.32 Å². The van der Waals surface area contributed by atoms with Gasteiger partial charge >= 0.3 is 0 Å². The van der Waals surface area contributed by atoms with Crippen molar-refractivity contribution in [1.82, 2.24) is 10.2 Å². The van der Waals surface area contributed by atoms with Crippen LogP contribution in [0.3, 0.4) is 0 Å². The highest BCUT2D eigenvalue weighted by Crippen LogP contribution is 2.13. The molecule has 0 aromatic carbocycles. The molecule has 1 saturated heterocycles. The Bertz CT molecular complexity index is 261. The summed E-state index contributed by atoms with van der Waals surface area (Å²) in [5.41, 5.74) is 0. The summed E-state index contributed by atoms with van der Waals surface area (Å²) in [5, 5.41) is 12.1. The summed E-state index contributed by atoms with van der Waals surface area (Å²) in [4.78, 5) is 14.0. The highest BCUT2D eigenvalue weighted by atomic mass is 16.5. The molecule has 1 amide bonds. The van der Waals surface area contributed by atoms with Gasteiger partial charge in [0.25, 0.3) is 0 Å². The number of morpholine rings is 1. The van der Waals surface area contributed by atoms with Crippen molar-refractivity contribution in [2.45, 2.75) is 51.9 Å². The summed E-state index contributed by atoms with van der Waals surface area (Å²) < 4.78 is 5.57. The van der Waals surface area contributed by atoms with E-state index in [2.05, 4.69) is 17.1 Å². The Hall–Kier alpha value is -0.650. The topological polar surface area (TPSA) is 61.8 Å². The number of amides is 1. The van der Waals surface area contributed by atoms with Crippen LogP contribution in [0.4, 0.5) is 0 Å².